The van der Waals surface area contributed by atoms with E-state index in [0.717, 1.165) is 27.6 Å². The van der Waals surface area contributed by atoms with E-state index >= 15 is 0 Å². The van der Waals surface area contributed by atoms with E-state index in [-0.39, 0.29) is 18.2 Å². The number of carbonyl (C=O) groups excluding carboxylic acids is 1. The molecule has 0 spiro atoms. The van der Waals surface area contributed by atoms with Gasteiger partial charge in [0.2, 0.25) is 0 Å². The lowest BCUT2D eigenvalue weighted by atomic mass is 10.1. The highest BCUT2D eigenvalue weighted by Gasteiger charge is 2.16. The molecule has 0 fully saturated rings. The van der Waals surface area contributed by atoms with Gasteiger partial charge >= 0.3 is 0 Å². The highest BCUT2D eigenvalue weighted by atomic mass is 32.1. The quantitative estimate of drug-likeness (QED) is 0.490. The molecule has 1 amide bonds. The van der Waals surface area contributed by atoms with Crippen molar-refractivity contribution in [2.24, 2.45) is 0 Å². The number of hydrogen-bond donors (Lipinski definition) is 1. The first-order chi connectivity index (χ1) is 13.4. The summed E-state index contributed by atoms with van der Waals surface area (Å²) in [6.45, 7) is 6.93. The van der Waals surface area contributed by atoms with Crippen molar-refractivity contribution in [1.82, 2.24) is 19.3 Å². The van der Waals surface area contributed by atoms with Crippen molar-refractivity contribution in [2.75, 3.05) is 13.7 Å². The third kappa shape index (κ3) is 4.01. The number of imidazole rings is 1. The van der Waals surface area contributed by atoms with Gasteiger partial charge in [0.05, 0.1) is 24.9 Å². The predicted molar refractivity (Wildman–Crippen MR) is 109 cm³/mol. The lowest BCUT2D eigenvalue weighted by Crippen LogP contribution is -2.24. The minimum absolute atomic E-state index is 0.0701. The van der Waals surface area contributed by atoms with Gasteiger partial charge in [-0.15, -0.1) is 11.3 Å². The number of nitriles is 1. The van der Waals surface area contributed by atoms with Crippen molar-refractivity contribution >= 4 is 28.3 Å². The Hall–Kier alpha value is -2.89. The first-order valence-electron chi connectivity index (χ1n) is 8.93. The van der Waals surface area contributed by atoms with Crippen LogP contribution < -0.4 is 5.32 Å². The van der Waals surface area contributed by atoms with Crippen molar-refractivity contribution in [3.63, 3.8) is 0 Å². The molecular formula is C20H23N5O2S. The average Bonchev–Trinajstić information content (AvgIpc) is 3.31. The number of thiazole rings is 1. The first kappa shape index (κ1) is 19.9. The number of nitrogens with one attached hydrogen (secondary N) is 1. The zero-order valence-electron chi connectivity index (χ0n) is 16.4. The number of aryl methyl sites for hydroxylation is 1. The van der Waals surface area contributed by atoms with E-state index in [9.17, 15) is 10.1 Å². The van der Waals surface area contributed by atoms with Crippen LogP contribution >= 0.6 is 11.3 Å². The minimum atomic E-state index is -0.409. The van der Waals surface area contributed by atoms with E-state index in [1.54, 1.807) is 13.2 Å². The van der Waals surface area contributed by atoms with Crippen LogP contribution in [0.3, 0.4) is 0 Å². The van der Waals surface area contributed by atoms with Crippen molar-refractivity contribution in [3.8, 4) is 6.07 Å². The molecule has 0 saturated carbocycles. The Bertz CT molecular complexity index is 1040. The summed E-state index contributed by atoms with van der Waals surface area (Å²) in [7, 11) is 1.67. The molecule has 1 unspecified atom stereocenters. The topological polar surface area (TPSA) is 84.3 Å². The maximum absolute atomic E-state index is 12.5. The standard InChI is InChI=1S/C20H23N5O2S/c1-13-7-16(15(3)25(13)14(2)12-27-4)8-17(9-21)19(26)22-10-18-11-24-5-6-28-20(24)23-18/h5-8,11,14H,10,12H2,1-4H3,(H,22,26)/b17-8-. The molecule has 0 bridgehead atoms. The van der Waals surface area contributed by atoms with E-state index < -0.39 is 5.91 Å². The van der Waals surface area contributed by atoms with Crippen LogP contribution in [0.5, 0.6) is 0 Å². The number of rotatable bonds is 7. The van der Waals surface area contributed by atoms with E-state index in [1.807, 2.05) is 48.2 Å². The normalized spacial score (nSPS) is 12.9. The average molecular weight is 398 g/mol. The van der Waals surface area contributed by atoms with Gasteiger partial charge in [-0.3, -0.25) is 9.20 Å². The maximum Gasteiger partial charge on any atom is 0.262 e. The maximum atomic E-state index is 12.5. The number of aromatic nitrogens is 3. The fourth-order valence-corrected chi connectivity index (χ4v) is 4.09. The van der Waals surface area contributed by atoms with E-state index in [4.69, 9.17) is 4.74 Å². The van der Waals surface area contributed by atoms with Gasteiger partial charge in [-0.05, 0) is 38.5 Å². The van der Waals surface area contributed by atoms with Crippen LogP contribution in [-0.2, 0) is 16.1 Å². The lowest BCUT2D eigenvalue weighted by molar-refractivity contribution is -0.117. The smallest absolute Gasteiger partial charge is 0.262 e. The van der Waals surface area contributed by atoms with Crippen LogP contribution in [-0.4, -0.2) is 33.6 Å². The summed E-state index contributed by atoms with van der Waals surface area (Å²) in [5, 5.41) is 14.2. The second kappa shape index (κ2) is 8.42. The van der Waals surface area contributed by atoms with Gasteiger partial charge in [0.1, 0.15) is 11.6 Å². The third-order valence-corrected chi connectivity index (χ3v) is 5.38. The van der Waals surface area contributed by atoms with Crippen LogP contribution in [0.1, 0.15) is 35.6 Å². The fourth-order valence-electron chi connectivity index (χ4n) is 3.37. The minimum Gasteiger partial charge on any atom is -0.383 e. The summed E-state index contributed by atoms with van der Waals surface area (Å²) in [6.07, 6.45) is 5.42. The molecule has 7 nitrogen and oxygen atoms in total. The van der Waals surface area contributed by atoms with Gasteiger partial charge in [0.25, 0.3) is 5.91 Å². The number of nitrogens with zero attached hydrogens (tertiary/aromatic N) is 4. The number of hydrogen-bond acceptors (Lipinski definition) is 5. The zero-order chi connectivity index (χ0) is 20.3. The molecule has 0 aliphatic rings. The molecule has 3 aromatic rings. The summed E-state index contributed by atoms with van der Waals surface area (Å²) in [5.74, 6) is -0.409. The highest BCUT2D eigenvalue weighted by Crippen LogP contribution is 2.23. The highest BCUT2D eigenvalue weighted by molar-refractivity contribution is 7.15. The predicted octanol–water partition coefficient (Wildman–Crippen LogP) is 3.24. The van der Waals surface area contributed by atoms with Crippen molar-refractivity contribution in [1.29, 1.82) is 5.26 Å². The number of ether oxygens (including phenoxy) is 1. The van der Waals surface area contributed by atoms with Crippen LogP contribution in [0.25, 0.3) is 11.0 Å². The number of amides is 1. The van der Waals surface area contributed by atoms with Crippen LogP contribution in [0.2, 0.25) is 0 Å². The molecule has 0 aromatic carbocycles. The molecule has 28 heavy (non-hydrogen) atoms. The molecule has 3 heterocycles. The molecule has 0 saturated heterocycles. The van der Waals surface area contributed by atoms with E-state index in [1.165, 1.54) is 11.3 Å². The van der Waals surface area contributed by atoms with Crippen molar-refractivity contribution < 1.29 is 9.53 Å². The molecular weight excluding hydrogens is 374 g/mol. The Morgan fingerprint density at radius 2 is 2.29 bits per heavy atom. The summed E-state index contributed by atoms with van der Waals surface area (Å²) < 4.78 is 9.31. The molecule has 1 atom stereocenters. The Labute approximate surface area is 167 Å². The van der Waals surface area contributed by atoms with Gasteiger partial charge in [0.15, 0.2) is 4.96 Å². The Morgan fingerprint density at radius 3 is 2.96 bits per heavy atom. The van der Waals surface area contributed by atoms with Crippen LogP contribution in [0.4, 0.5) is 0 Å². The number of fused-ring (bicyclic) bond motifs is 1. The van der Waals surface area contributed by atoms with Gasteiger partial charge in [-0.25, -0.2) is 4.98 Å². The second-order valence-corrected chi connectivity index (χ2v) is 7.55. The van der Waals surface area contributed by atoms with Crippen molar-refractivity contribution in [2.45, 2.75) is 33.4 Å². The monoisotopic (exact) mass is 397 g/mol. The summed E-state index contributed by atoms with van der Waals surface area (Å²) in [6, 6.07) is 4.16. The Kier molecular flexibility index (Phi) is 5.97. The fraction of sp³-hybridized carbons (Fsp3) is 0.350. The lowest BCUT2D eigenvalue weighted by Gasteiger charge is -2.17. The van der Waals surface area contributed by atoms with Gasteiger partial charge in [0, 0.05) is 36.3 Å². The SMILES string of the molecule is COCC(C)n1c(C)cc(/C=C(/C#N)C(=O)NCc2cn3ccsc3n2)c1C. The van der Waals surface area contributed by atoms with E-state index in [2.05, 4.69) is 21.8 Å². The Balaban J connectivity index is 1.75. The first-order valence-corrected chi connectivity index (χ1v) is 9.81. The summed E-state index contributed by atoms with van der Waals surface area (Å²) >= 11 is 1.53. The molecule has 0 aliphatic heterocycles. The van der Waals surface area contributed by atoms with E-state index in [0.29, 0.717) is 6.61 Å². The zero-order valence-corrected chi connectivity index (χ0v) is 17.2. The van der Waals surface area contributed by atoms with Gasteiger partial charge in [-0.1, -0.05) is 0 Å². The number of methoxy groups -OCH3 is 1. The van der Waals surface area contributed by atoms with Gasteiger partial charge in [-0.2, -0.15) is 5.26 Å². The van der Waals surface area contributed by atoms with Gasteiger partial charge < -0.3 is 14.6 Å². The summed E-state index contributed by atoms with van der Waals surface area (Å²) in [4.78, 5) is 17.8. The van der Waals surface area contributed by atoms with Crippen LogP contribution in [0, 0.1) is 25.2 Å². The second-order valence-electron chi connectivity index (χ2n) is 6.68. The number of carbonyl (C=O) groups is 1. The van der Waals surface area contributed by atoms with Crippen LogP contribution in [0.15, 0.2) is 29.4 Å². The molecule has 146 valence electrons. The summed E-state index contributed by atoms with van der Waals surface area (Å²) in [5.41, 5.74) is 3.74. The molecule has 0 aliphatic carbocycles. The largest absolute Gasteiger partial charge is 0.383 e. The third-order valence-electron chi connectivity index (χ3n) is 4.61. The molecule has 0 radical (unpaired) electrons. The molecule has 3 aromatic heterocycles. The van der Waals surface area contributed by atoms with Crippen molar-refractivity contribution in [3.05, 3.63) is 52.1 Å². The molecule has 3 rings (SSSR count). The molecule has 8 heteroatoms. The molecule has 1 N–H and O–H groups in total. The Morgan fingerprint density at radius 1 is 1.50 bits per heavy atom.